The van der Waals surface area contributed by atoms with E-state index in [1.165, 1.54) is 12.1 Å². The number of nitrogens with zero attached hydrogens (tertiary/aromatic N) is 2. The molecule has 0 aliphatic heterocycles. The molecule has 0 aliphatic carbocycles. The van der Waals surface area contributed by atoms with Gasteiger partial charge in [-0.05, 0) is 33.2 Å². The topological polar surface area (TPSA) is 95.7 Å². The van der Waals surface area contributed by atoms with Gasteiger partial charge in [-0.25, -0.2) is 0 Å². The molecule has 1 unspecified atom stereocenters. The minimum atomic E-state index is -1.10. The van der Waals surface area contributed by atoms with Crippen molar-refractivity contribution in [1.82, 2.24) is 10.2 Å². The fourth-order valence-corrected chi connectivity index (χ4v) is 2.09. The zero-order valence-electron chi connectivity index (χ0n) is 12.1. The number of hydrogen-bond donors (Lipinski definition) is 2. The van der Waals surface area contributed by atoms with Crippen LogP contribution in [0.2, 0.25) is 5.02 Å². The molecular formula is C13H18ClN3O4. The second-order valence-corrected chi connectivity index (χ2v) is 5.75. The Morgan fingerprint density at radius 2 is 2.14 bits per heavy atom. The van der Waals surface area contributed by atoms with E-state index in [0.29, 0.717) is 6.54 Å². The van der Waals surface area contributed by atoms with Gasteiger partial charge in [0, 0.05) is 24.7 Å². The smallest absolute Gasteiger partial charge is 0.288 e. The minimum Gasteiger partial charge on any atom is -0.387 e. The number of benzene rings is 1. The Labute approximate surface area is 127 Å². The van der Waals surface area contributed by atoms with Crippen LogP contribution in [0, 0.1) is 10.1 Å². The molecule has 0 radical (unpaired) electrons. The van der Waals surface area contributed by atoms with E-state index in [-0.39, 0.29) is 22.8 Å². The predicted octanol–water partition coefficient (Wildman–Crippen LogP) is 1.29. The van der Waals surface area contributed by atoms with Crippen LogP contribution in [0.4, 0.5) is 5.69 Å². The number of likely N-dealkylation sites (N-methyl/N-ethyl adjacent to an activating group) is 1. The molecule has 21 heavy (non-hydrogen) atoms. The molecule has 0 spiro atoms. The fourth-order valence-electron chi connectivity index (χ4n) is 1.90. The van der Waals surface area contributed by atoms with Crippen LogP contribution in [0.15, 0.2) is 18.2 Å². The Bertz CT molecular complexity index is 546. The van der Waals surface area contributed by atoms with Crippen molar-refractivity contribution < 1.29 is 14.8 Å². The molecular weight excluding hydrogens is 298 g/mol. The number of amides is 1. The normalized spacial score (nSPS) is 13.8. The molecule has 1 amide bonds. The van der Waals surface area contributed by atoms with E-state index in [9.17, 15) is 20.0 Å². The number of hydrogen-bond acceptors (Lipinski definition) is 5. The van der Waals surface area contributed by atoms with Crippen LogP contribution in [-0.2, 0) is 0 Å². The summed E-state index contributed by atoms with van der Waals surface area (Å²) in [6, 6.07) is 3.80. The SMILES string of the molecule is CN(C)CC(C)(O)CNC(=O)c1ccc(Cl)c([N+](=O)[O-])c1. The van der Waals surface area contributed by atoms with Gasteiger partial charge in [-0.1, -0.05) is 11.6 Å². The molecule has 0 bridgehead atoms. The number of nitrogens with one attached hydrogen (secondary N) is 1. The molecule has 1 rings (SSSR count). The first-order valence-electron chi connectivity index (χ1n) is 6.21. The monoisotopic (exact) mass is 315 g/mol. The summed E-state index contributed by atoms with van der Waals surface area (Å²) in [5.41, 5.74) is -1.31. The van der Waals surface area contributed by atoms with Crippen LogP contribution in [0.1, 0.15) is 17.3 Å². The summed E-state index contributed by atoms with van der Waals surface area (Å²) in [6.07, 6.45) is 0. The van der Waals surface area contributed by atoms with Crippen molar-refractivity contribution in [2.75, 3.05) is 27.2 Å². The van der Waals surface area contributed by atoms with Crippen molar-refractivity contribution in [2.24, 2.45) is 0 Å². The van der Waals surface area contributed by atoms with E-state index in [2.05, 4.69) is 5.32 Å². The predicted molar refractivity (Wildman–Crippen MR) is 79.6 cm³/mol. The van der Waals surface area contributed by atoms with E-state index >= 15 is 0 Å². The number of carbonyl (C=O) groups excluding carboxylic acids is 1. The molecule has 0 heterocycles. The van der Waals surface area contributed by atoms with Crippen LogP contribution < -0.4 is 5.32 Å². The molecule has 1 aromatic carbocycles. The molecule has 0 aliphatic rings. The summed E-state index contributed by atoms with van der Waals surface area (Å²) in [5.74, 6) is -0.506. The van der Waals surface area contributed by atoms with Crippen molar-refractivity contribution in [1.29, 1.82) is 0 Å². The van der Waals surface area contributed by atoms with E-state index in [1.807, 2.05) is 0 Å². The molecule has 7 nitrogen and oxygen atoms in total. The summed E-state index contributed by atoms with van der Waals surface area (Å²) in [7, 11) is 3.61. The van der Waals surface area contributed by atoms with Crippen LogP contribution >= 0.6 is 11.6 Å². The zero-order valence-corrected chi connectivity index (χ0v) is 12.8. The first-order valence-corrected chi connectivity index (χ1v) is 6.59. The third-order valence-electron chi connectivity index (χ3n) is 2.69. The van der Waals surface area contributed by atoms with Gasteiger partial charge in [-0.15, -0.1) is 0 Å². The van der Waals surface area contributed by atoms with Gasteiger partial charge in [0.2, 0.25) is 0 Å². The maximum Gasteiger partial charge on any atom is 0.288 e. The van der Waals surface area contributed by atoms with Crippen molar-refractivity contribution in [3.8, 4) is 0 Å². The number of halogens is 1. The van der Waals surface area contributed by atoms with E-state index < -0.39 is 16.4 Å². The molecule has 1 aromatic rings. The van der Waals surface area contributed by atoms with Gasteiger partial charge in [0.1, 0.15) is 5.02 Å². The van der Waals surface area contributed by atoms with Gasteiger partial charge in [0.25, 0.3) is 11.6 Å². The molecule has 116 valence electrons. The summed E-state index contributed by atoms with van der Waals surface area (Å²) >= 11 is 5.68. The van der Waals surface area contributed by atoms with Gasteiger partial charge < -0.3 is 15.3 Å². The van der Waals surface area contributed by atoms with Gasteiger partial charge >= 0.3 is 0 Å². The highest BCUT2D eigenvalue weighted by molar-refractivity contribution is 6.32. The van der Waals surface area contributed by atoms with Crippen molar-refractivity contribution in [3.63, 3.8) is 0 Å². The molecule has 0 aromatic heterocycles. The molecule has 2 N–H and O–H groups in total. The van der Waals surface area contributed by atoms with Crippen molar-refractivity contribution >= 4 is 23.2 Å². The Balaban J connectivity index is 2.77. The average Bonchev–Trinajstić information content (AvgIpc) is 2.34. The number of aliphatic hydroxyl groups is 1. The van der Waals surface area contributed by atoms with E-state index in [0.717, 1.165) is 6.07 Å². The molecule has 0 fully saturated rings. The Kier molecular flexibility index (Phi) is 5.65. The highest BCUT2D eigenvalue weighted by Crippen LogP contribution is 2.25. The zero-order chi connectivity index (χ0) is 16.2. The largest absolute Gasteiger partial charge is 0.387 e. The lowest BCUT2D eigenvalue weighted by Crippen LogP contribution is -2.47. The Morgan fingerprint density at radius 3 is 2.67 bits per heavy atom. The van der Waals surface area contributed by atoms with Gasteiger partial charge in [-0.3, -0.25) is 14.9 Å². The second kappa shape index (κ2) is 6.84. The van der Waals surface area contributed by atoms with E-state index in [4.69, 9.17) is 11.6 Å². The van der Waals surface area contributed by atoms with Crippen LogP contribution in [0.5, 0.6) is 0 Å². The molecule has 8 heteroatoms. The minimum absolute atomic E-state index is 0.0282. The summed E-state index contributed by atoms with van der Waals surface area (Å²) in [4.78, 5) is 23.9. The Morgan fingerprint density at radius 1 is 1.52 bits per heavy atom. The van der Waals surface area contributed by atoms with Gasteiger partial charge in [-0.2, -0.15) is 0 Å². The van der Waals surface area contributed by atoms with Gasteiger partial charge in [0.05, 0.1) is 10.5 Å². The van der Waals surface area contributed by atoms with Crippen LogP contribution in [0.25, 0.3) is 0 Å². The maximum absolute atomic E-state index is 12.0. The average molecular weight is 316 g/mol. The molecule has 0 saturated heterocycles. The van der Waals surface area contributed by atoms with Gasteiger partial charge in [0.15, 0.2) is 0 Å². The summed E-state index contributed by atoms with van der Waals surface area (Å²) in [5, 5.41) is 23.4. The number of rotatable bonds is 6. The fraction of sp³-hybridized carbons (Fsp3) is 0.462. The lowest BCUT2D eigenvalue weighted by atomic mass is 10.1. The molecule has 0 saturated carbocycles. The third kappa shape index (κ3) is 5.30. The maximum atomic E-state index is 12.0. The number of nitro benzene ring substituents is 1. The molecule has 1 atom stereocenters. The lowest BCUT2D eigenvalue weighted by Gasteiger charge is -2.27. The first-order chi connectivity index (χ1) is 9.62. The first kappa shape index (κ1) is 17.4. The number of nitro groups is 1. The van der Waals surface area contributed by atoms with Crippen molar-refractivity contribution in [2.45, 2.75) is 12.5 Å². The highest BCUT2D eigenvalue weighted by atomic mass is 35.5. The Hall–Kier alpha value is -1.70. The lowest BCUT2D eigenvalue weighted by molar-refractivity contribution is -0.384. The van der Waals surface area contributed by atoms with E-state index in [1.54, 1.807) is 25.9 Å². The van der Waals surface area contributed by atoms with Crippen LogP contribution in [-0.4, -0.2) is 53.6 Å². The summed E-state index contributed by atoms with van der Waals surface area (Å²) < 4.78 is 0. The van der Waals surface area contributed by atoms with Crippen molar-refractivity contribution in [3.05, 3.63) is 38.9 Å². The third-order valence-corrected chi connectivity index (χ3v) is 3.01. The quantitative estimate of drug-likeness (QED) is 0.609. The highest BCUT2D eigenvalue weighted by Gasteiger charge is 2.23. The second-order valence-electron chi connectivity index (χ2n) is 5.34. The summed E-state index contributed by atoms with van der Waals surface area (Å²) in [6.45, 7) is 1.99. The number of carbonyl (C=O) groups is 1. The standard InChI is InChI=1S/C13H18ClN3O4/c1-13(19,8-16(2)3)7-15-12(18)9-4-5-10(14)11(6-9)17(20)21/h4-6,19H,7-8H2,1-3H3,(H,15,18). The van der Waals surface area contributed by atoms with Crippen LogP contribution in [0.3, 0.4) is 0 Å².